The van der Waals surface area contributed by atoms with E-state index in [1.807, 2.05) is 60.8 Å². The molecule has 0 aliphatic rings. The number of carboxylic acids is 1. The van der Waals surface area contributed by atoms with Gasteiger partial charge in [-0.25, -0.2) is 9.31 Å². The molecule has 6 nitrogen and oxygen atoms in total. The zero-order chi connectivity index (χ0) is 20.9. The molecule has 0 unspecified atom stereocenters. The molecule has 6 heteroatoms. The number of tetrazole rings is 1. The quantitative estimate of drug-likeness (QED) is 0.381. The van der Waals surface area contributed by atoms with Crippen molar-refractivity contribution in [3.63, 3.8) is 0 Å². The van der Waals surface area contributed by atoms with Crippen molar-refractivity contribution >= 4 is 28.8 Å². The van der Waals surface area contributed by atoms with E-state index in [9.17, 15) is 4.79 Å². The Hall–Kier alpha value is -4.06. The monoisotopic (exact) mass is 396 g/mol. The number of aliphatic carboxylic acids is 1. The normalized spacial score (nSPS) is 12.3. The first-order chi connectivity index (χ1) is 14.7. The summed E-state index contributed by atoms with van der Waals surface area (Å²) < 4.78 is 1.66. The molecule has 1 N–H and O–H groups in total. The average Bonchev–Trinajstić information content (AvgIpc) is 3.25. The Morgan fingerprint density at radius 1 is 0.967 bits per heavy atom. The second-order valence-electron chi connectivity index (χ2n) is 6.77. The fourth-order valence-corrected chi connectivity index (χ4v) is 3.50. The van der Waals surface area contributed by atoms with Crippen LogP contribution in [-0.4, -0.2) is 31.1 Å². The van der Waals surface area contributed by atoms with E-state index in [0.29, 0.717) is 5.65 Å². The number of nitrogens with zero attached hydrogens (tertiary/aromatic N) is 4. The first kappa shape index (κ1) is 19.3. The van der Waals surface area contributed by atoms with Crippen molar-refractivity contribution in [3.05, 3.63) is 101 Å². The van der Waals surface area contributed by atoms with Crippen molar-refractivity contribution in [2.45, 2.75) is 13.3 Å². The summed E-state index contributed by atoms with van der Waals surface area (Å²) >= 11 is 0. The molecule has 2 heterocycles. The molecule has 0 atom stereocenters. The van der Waals surface area contributed by atoms with E-state index in [-0.39, 0.29) is 0 Å². The van der Waals surface area contributed by atoms with Crippen molar-refractivity contribution in [2.24, 2.45) is 0 Å². The minimum Gasteiger partial charge on any atom is -0.478 e. The molecular formula is C24H20N4O2. The summed E-state index contributed by atoms with van der Waals surface area (Å²) in [7, 11) is 0. The zero-order valence-corrected chi connectivity index (χ0v) is 16.4. The lowest BCUT2D eigenvalue weighted by Crippen LogP contribution is -1.98. The Kier molecular flexibility index (Phi) is 5.48. The minimum absolute atomic E-state index is 0.685. The second-order valence-corrected chi connectivity index (χ2v) is 6.77. The summed E-state index contributed by atoms with van der Waals surface area (Å²) in [5.41, 5.74) is 7.01. The molecule has 0 aliphatic heterocycles. The zero-order valence-electron chi connectivity index (χ0n) is 16.4. The maximum atomic E-state index is 10.8. The van der Waals surface area contributed by atoms with Gasteiger partial charge in [-0.05, 0) is 62.9 Å². The molecule has 0 bridgehead atoms. The third kappa shape index (κ3) is 4.03. The number of benzene rings is 2. The molecule has 148 valence electrons. The smallest absolute Gasteiger partial charge is 0.328 e. The van der Waals surface area contributed by atoms with Gasteiger partial charge in [-0.2, -0.15) is 0 Å². The number of fused-ring (bicyclic) bond motifs is 1. The van der Waals surface area contributed by atoms with Gasteiger partial charge in [0.15, 0.2) is 5.65 Å². The molecule has 4 rings (SSSR count). The largest absolute Gasteiger partial charge is 0.478 e. The molecule has 2 aromatic carbocycles. The maximum absolute atomic E-state index is 10.8. The predicted molar refractivity (Wildman–Crippen MR) is 117 cm³/mol. The number of hydrogen-bond acceptors (Lipinski definition) is 4. The van der Waals surface area contributed by atoms with E-state index in [4.69, 9.17) is 5.11 Å². The van der Waals surface area contributed by atoms with Gasteiger partial charge in [0.1, 0.15) is 0 Å². The lowest BCUT2D eigenvalue weighted by Gasteiger charge is -2.16. The highest BCUT2D eigenvalue weighted by atomic mass is 16.4. The summed E-state index contributed by atoms with van der Waals surface area (Å²) in [6.45, 7) is 2.14. The Morgan fingerprint density at radius 2 is 1.70 bits per heavy atom. The van der Waals surface area contributed by atoms with Crippen LogP contribution in [0.15, 0.2) is 79.0 Å². The van der Waals surface area contributed by atoms with Crippen LogP contribution < -0.4 is 0 Å². The van der Waals surface area contributed by atoms with Gasteiger partial charge in [0, 0.05) is 17.8 Å². The Morgan fingerprint density at radius 3 is 2.40 bits per heavy atom. The lowest BCUT2D eigenvalue weighted by molar-refractivity contribution is -0.131. The van der Waals surface area contributed by atoms with Crippen LogP contribution >= 0.6 is 0 Å². The van der Waals surface area contributed by atoms with E-state index in [2.05, 4.69) is 34.6 Å². The van der Waals surface area contributed by atoms with Crippen molar-refractivity contribution in [3.8, 4) is 0 Å². The van der Waals surface area contributed by atoms with Crippen molar-refractivity contribution in [1.82, 2.24) is 20.0 Å². The van der Waals surface area contributed by atoms with Crippen LogP contribution in [0.3, 0.4) is 0 Å². The highest BCUT2D eigenvalue weighted by Gasteiger charge is 2.14. The van der Waals surface area contributed by atoms with E-state index in [1.54, 1.807) is 10.6 Å². The summed E-state index contributed by atoms with van der Waals surface area (Å²) in [6.07, 6.45) is 5.49. The topological polar surface area (TPSA) is 80.4 Å². The van der Waals surface area contributed by atoms with Crippen LogP contribution in [0.5, 0.6) is 0 Å². The molecule has 0 radical (unpaired) electrons. The summed E-state index contributed by atoms with van der Waals surface area (Å²) in [5.74, 6) is -0.966. The van der Waals surface area contributed by atoms with E-state index >= 15 is 0 Å². The Balaban J connectivity index is 1.89. The number of pyridine rings is 1. The van der Waals surface area contributed by atoms with E-state index < -0.39 is 5.97 Å². The van der Waals surface area contributed by atoms with Crippen LogP contribution in [0.25, 0.3) is 22.9 Å². The molecular weight excluding hydrogens is 376 g/mol. The third-order valence-corrected chi connectivity index (χ3v) is 4.88. The van der Waals surface area contributed by atoms with Gasteiger partial charge < -0.3 is 5.11 Å². The van der Waals surface area contributed by atoms with Gasteiger partial charge >= 0.3 is 5.97 Å². The Labute approximate surface area is 173 Å². The van der Waals surface area contributed by atoms with Gasteiger partial charge in [0.25, 0.3) is 0 Å². The first-order valence-electron chi connectivity index (χ1n) is 9.64. The van der Waals surface area contributed by atoms with Gasteiger partial charge in [0.2, 0.25) is 0 Å². The molecule has 30 heavy (non-hydrogen) atoms. The fraction of sp³-hybridized carbons (Fsp3) is 0.0833. The fourth-order valence-electron chi connectivity index (χ4n) is 3.50. The van der Waals surface area contributed by atoms with Crippen LogP contribution in [0.1, 0.15) is 35.6 Å². The van der Waals surface area contributed by atoms with Crippen LogP contribution in [0.2, 0.25) is 0 Å². The number of carboxylic acid groups (broad SMARTS) is 1. The predicted octanol–water partition coefficient (Wildman–Crippen LogP) is 4.59. The van der Waals surface area contributed by atoms with Crippen LogP contribution in [-0.2, 0) is 4.79 Å². The molecule has 0 aliphatic carbocycles. The number of allylic oxidation sites excluding steroid dienone is 1. The Bertz CT molecular complexity index is 1240. The minimum atomic E-state index is -0.966. The van der Waals surface area contributed by atoms with E-state index in [0.717, 1.165) is 40.3 Å². The van der Waals surface area contributed by atoms with Crippen LogP contribution in [0.4, 0.5) is 0 Å². The second kappa shape index (κ2) is 8.53. The number of hydrogen-bond donors (Lipinski definition) is 1. The average molecular weight is 396 g/mol. The molecule has 0 spiro atoms. The van der Waals surface area contributed by atoms with Gasteiger partial charge in [0.05, 0.1) is 0 Å². The molecule has 2 aromatic heterocycles. The molecule has 0 saturated carbocycles. The number of rotatable bonds is 6. The van der Waals surface area contributed by atoms with E-state index in [1.165, 1.54) is 5.57 Å². The van der Waals surface area contributed by atoms with Crippen molar-refractivity contribution in [2.75, 3.05) is 0 Å². The third-order valence-electron chi connectivity index (χ3n) is 4.88. The molecule has 0 saturated heterocycles. The molecule has 4 aromatic rings. The van der Waals surface area contributed by atoms with Crippen molar-refractivity contribution < 1.29 is 9.90 Å². The summed E-state index contributed by atoms with van der Waals surface area (Å²) in [5, 5.41) is 20.6. The number of aromatic nitrogens is 4. The SMILES string of the molecule is CCC(=C(c1ccc(C=CC(=O)O)cc1)c1ccc2nnnn2c1)c1ccccc1. The summed E-state index contributed by atoms with van der Waals surface area (Å²) in [6, 6.07) is 22.1. The van der Waals surface area contributed by atoms with Crippen molar-refractivity contribution in [1.29, 1.82) is 0 Å². The molecule has 0 fully saturated rings. The first-order valence-corrected chi connectivity index (χ1v) is 9.64. The van der Waals surface area contributed by atoms with Gasteiger partial charge in [-0.3, -0.25) is 0 Å². The number of carbonyl (C=O) groups is 1. The summed E-state index contributed by atoms with van der Waals surface area (Å²) in [4.78, 5) is 10.8. The maximum Gasteiger partial charge on any atom is 0.328 e. The highest BCUT2D eigenvalue weighted by Crippen LogP contribution is 2.34. The van der Waals surface area contributed by atoms with Gasteiger partial charge in [-0.15, -0.1) is 5.10 Å². The standard InChI is InChI=1S/C24H20N4O2/c1-2-21(18-6-4-3-5-7-18)24(20-13-14-22-25-26-27-28(22)16-20)19-11-8-17(9-12-19)10-15-23(29)30/h3-16H,2H2,1H3,(H,29,30). The van der Waals surface area contributed by atoms with Crippen LogP contribution in [0, 0.1) is 0 Å². The lowest BCUT2D eigenvalue weighted by atomic mass is 9.88. The molecule has 0 amide bonds. The van der Waals surface area contributed by atoms with Gasteiger partial charge in [-0.1, -0.05) is 61.5 Å². The highest BCUT2D eigenvalue weighted by molar-refractivity contribution is 5.98.